The number of aliphatic imine (C=N–C) groups is 2. The number of hydrogen-bond acceptors (Lipinski definition) is 6. The summed E-state index contributed by atoms with van der Waals surface area (Å²) < 4.78 is 0. The Morgan fingerprint density at radius 2 is 1.96 bits per heavy atom. The van der Waals surface area contributed by atoms with E-state index in [0.717, 1.165) is 37.8 Å². The Balaban J connectivity index is 2.15. The van der Waals surface area contributed by atoms with Crippen LogP contribution in [0.2, 0.25) is 0 Å². The molecule has 5 N–H and O–H groups in total. The van der Waals surface area contributed by atoms with Crippen LogP contribution in [-0.2, 0) is 0 Å². The Bertz CT molecular complexity index is 704. The average Bonchev–Trinajstić information content (AvgIpc) is 2.48. The fourth-order valence-corrected chi connectivity index (χ4v) is 3.57. The lowest BCUT2D eigenvalue weighted by Crippen LogP contribution is -2.58. The predicted octanol–water partition coefficient (Wildman–Crippen LogP) is 1.80. The molecule has 0 bridgehead atoms. The van der Waals surface area contributed by atoms with Crippen molar-refractivity contribution in [2.45, 2.75) is 44.7 Å². The van der Waals surface area contributed by atoms with Crippen LogP contribution in [-0.4, -0.2) is 28.7 Å². The zero-order chi connectivity index (χ0) is 16.6. The minimum atomic E-state index is -0.961. The molecular formula is C16H21N5O2. The lowest BCUT2D eigenvalue weighted by Gasteiger charge is -2.46. The number of guanidine groups is 2. The largest absolute Gasteiger partial charge is 0.478 e. The van der Waals surface area contributed by atoms with Crippen LogP contribution in [0, 0.1) is 6.92 Å². The van der Waals surface area contributed by atoms with E-state index in [-0.39, 0.29) is 17.5 Å². The van der Waals surface area contributed by atoms with Gasteiger partial charge >= 0.3 is 5.97 Å². The van der Waals surface area contributed by atoms with Crippen LogP contribution in [0.3, 0.4) is 0 Å². The molecule has 1 saturated carbocycles. The minimum absolute atomic E-state index is 0.188. The molecule has 0 atom stereocenters. The number of rotatable bonds is 2. The quantitative estimate of drug-likeness (QED) is 0.769. The molecule has 3 rings (SSSR count). The Morgan fingerprint density at radius 1 is 1.26 bits per heavy atom. The van der Waals surface area contributed by atoms with Gasteiger partial charge < -0.3 is 16.6 Å². The summed E-state index contributed by atoms with van der Waals surface area (Å²) in [6.07, 6.45) is 4.84. The molecule has 0 unspecified atom stereocenters. The van der Waals surface area contributed by atoms with Crippen LogP contribution in [0.1, 0.15) is 48.0 Å². The maximum absolute atomic E-state index is 11.4. The Hall–Kier alpha value is -2.57. The normalized spacial score (nSPS) is 20.1. The maximum Gasteiger partial charge on any atom is 0.336 e. The standard InChI is InChI=1S/C16H21N5O2/c1-10-11(13(22)23)6-5-7-12(10)21-15(18)19-14(17)20-16(21)8-3-2-4-9-16/h5-7H,2-4,8-9H2,1H3,(H,22,23)(H4,17,18,19,20). The molecule has 7 heteroatoms. The van der Waals surface area contributed by atoms with Gasteiger partial charge in [0.05, 0.1) is 11.3 Å². The van der Waals surface area contributed by atoms with Crippen LogP contribution in [0.5, 0.6) is 0 Å². The topological polar surface area (TPSA) is 117 Å². The van der Waals surface area contributed by atoms with Crippen molar-refractivity contribution in [3.8, 4) is 0 Å². The van der Waals surface area contributed by atoms with Crippen LogP contribution < -0.4 is 16.4 Å². The molecule has 1 spiro atoms. The summed E-state index contributed by atoms with van der Waals surface area (Å²) >= 11 is 0. The van der Waals surface area contributed by atoms with Crippen molar-refractivity contribution >= 4 is 23.6 Å². The number of benzene rings is 1. The highest BCUT2D eigenvalue weighted by atomic mass is 16.4. The Morgan fingerprint density at radius 3 is 2.61 bits per heavy atom. The van der Waals surface area contributed by atoms with Gasteiger partial charge in [-0.2, -0.15) is 4.99 Å². The van der Waals surface area contributed by atoms with Gasteiger partial charge in [0.2, 0.25) is 11.9 Å². The highest BCUT2D eigenvalue weighted by molar-refractivity contribution is 6.06. The van der Waals surface area contributed by atoms with E-state index in [1.165, 1.54) is 0 Å². The van der Waals surface area contributed by atoms with Crippen molar-refractivity contribution in [3.05, 3.63) is 29.3 Å². The van der Waals surface area contributed by atoms with E-state index in [1.54, 1.807) is 19.1 Å². The first-order valence-electron chi connectivity index (χ1n) is 7.77. The van der Waals surface area contributed by atoms with Crippen LogP contribution in [0.4, 0.5) is 5.69 Å². The van der Waals surface area contributed by atoms with Gasteiger partial charge in [0.15, 0.2) is 0 Å². The van der Waals surface area contributed by atoms with Crippen LogP contribution in [0.15, 0.2) is 28.2 Å². The molecule has 1 aliphatic heterocycles. The van der Waals surface area contributed by atoms with Crippen LogP contribution >= 0.6 is 0 Å². The molecular weight excluding hydrogens is 294 g/mol. The molecule has 122 valence electrons. The number of carbonyl (C=O) groups is 1. The van der Waals surface area contributed by atoms with E-state index >= 15 is 0 Å². The third kappa shape index (κ3) is 2.52. The molecule has 1 aliphatic carbocycles. The lowest BCUT2D eigenvalue weighted by atomic mass is 9.86. The molecule has 0 aromatic heterocycles. The maximum atomic E-state index is 11.4. The molecule has 0 radical (unpaired) electrons. The van der Waals surface area contributed by atoms with Gasteiger partial charge in [0.25, 0.3) is 0 Å². The van der Waals surface area contributed by atoms with Crippen molar-refractivity contribution in [1.29, 1.82) is 0 Å². The van der Waals surface area contributed by atoms with Gasteiger partial charge in [-0.3, -0.25) is 4.90 Å². The molecule has 1 heterocycles. The Labute approximate surface area is 134 Å². The second-order valence-electron chi connectivity index (χ2n) is 6.07. The summed E-state index contributed by atoms with van der Waals surface area (Å²) in [6.45, 7) is 1.78. The first-order valence-corrected chi connectivity index (χ1v) is 7.77. The highest BCUT2D eigenvalue weighted by Crippen LogP contribution is 2.40. The molecule has 7 nitrogen and oxygen atoms in total. The summed E-state index contributed by atoms with van der Waals surface area (Å²) in [4.78, 5) is 22.0. The zero-order valence-corrected chi connectivity index (χ0v) is 13.1. The molecule has 1 fully saturated rings. The van der Waals surface area contributed by atoms with Crippen molar-refractivity contribution in [1.82, 2.24) is 0 Å². The minimum Gasteiger partial charge on any atom is -0.478 e. The van der Waals surface area contributed by atoms with Gasteiger partial charge in [-0.15, -0.1) is 0 Å². The fraction of sp³-hybridized carbons (Fsp3) is 0.438. The third-order valence-corrected chi connectivity index (χ3v) is 4.63. The van der Waals surface area contributed by atoms with E-state index < -0.39 is 11.6 Å². The Kier molecular flexibility index (Phi) is 3.71. The SMILES string of the molecule is Cc1c(C(=O)O)cccc1N1C(N)=NC(N)=NC12CCCCC2. The van der Waals surface area contributed by atoms with Crippen LogP contribution in [0.25, 0.3) is 0 Å². The van der Waals surface area contributed by atoms with Gasteiger partial charge in [-0.25, -0.2) is 9.79 Å². The number of carboxylic acids is 1. The number of anilines is 1. The van der Waals surface area contributed by atoms with Crippen molar-refractivity contribution in [2.24, 2.45) is 21.5 Å². The summed E-state index contributed by atoms with van der Waals surface area (Å²) in [5.41, 5.74) is 13.1. The van der Waals surface area contributed by atoms with E-state index in [0.29, 0.717) is 5.56 Å². The highest BCUT2D eigenvalue weighted by Gasteiger charge is 2.43. The lowest BCUT2D eigenvalue weighted by molar-refractivity contribution is 0.0696. The average molecular weight is 315 g/mol. The van der Waals surface area contributed by atoms with E-state index in [1.807, 2.05) is 11.0 Å². The van der Waals surface area contributed by atoms with Gasteiger partial charge in [0.1, 0.15) is 5.66 Å². The number of nitrogens with two attached hydrogens (primary N) is 2. The number of aromatic carboxylic acids is 1. The number of hydrogen-bond donors (Lipinski definition) is 3. The van der Waals surface area contributed by atoms with Gasteiger partial charge in [-0.05, 0) is 50.3 Å². The third-order valence-electron chi connectivity index (χ3n) is 4.63. The predicted molar refractivity (Wildman–Crippen MR) is 89.7 cm³/mol. The summed E-state index contributed by atoms with van der Waals surface area (Å²) in [7, 11) is 0. The summed E-state index contributed by atoms with van der Waals surface area (Å²) in [5.74, 6) is -0.504. The molecule has 0 saturated heterocycles. The van der Waals surface area contributed by atoms with E-state index in [9.17, 15) is 9.90 Å². The van der Waals surface area contributed by atoms with E-state index in [4.69, 9.17) is 11.5 Å². The number of carboxylic acid groups (broad SMARTS) is 1. The monoisotopic (exact) mass is 315 g/mol. The zero-order valence-electron chi connectivity index (χ0n) is 13.1. The molecule has 23 heavy (non-hydrogen) atoms. The molecule has 1 aromatic rings. The van der Waals surface area contributed by atoms with Crippen molar-refractivity contribution in [3.63, 3.8) is 0 Å². The molecule has 1 aromatic carbocycles. The van der Waals surface area contributed by atoms with Crippen molar-refractivity contribution in [2.75, 3.05) is 4.90 Å². The van der Waals surface area contributed by atoms with Gasteiger partial charge in [-0.1, -0.05) is 12.5 Å². The second kappa shape index (κ2) is 5.57. The summed E-state index contributed by atoms with van der Waals surface area (Å²) in [5, 5.41) is 9.37. The first kappa shape index (κ1) is 15.3. The second-order valence-corrected chi connectivity index (χ2v) is 6.07. The van der Waals surface area contributed by atoms with E-state index in [2.05, 4.69) is 9.98 Å². The van der Waals surface area contributed by atoms with Crippen molar-refractivity contribution < 1.29 is 9.90 Å². The number of nitrogens with zero attached hydrogens (tertiary/aromatic N) is 3. The summed E-state index contributed by atoms with van der Waals surface area (Å²) in [6, 6.07) is 5.17. The fourth-order valence-electron chi connectivity index (χ4n) is 3.57. The van der Waals surface area contributed by atoms with Gasteiger partial charge in [0, 0.05) is 0 Å². The molecule has 0 amide bonds. The molecule has 2 aliphatic rings. The first-order chi connectivity index (χ1) is 10.9. The smallest absolute Gasteiger partial charge is 0.336 e.